The number of esters is 1. The summed E-state index contributed by atoms with van der Waals surface area (Å²) in [6.45, 7) is 2.48. The monoisotopic (exact) mass is 380 g/mol. The van der Waals surface area contributed by atoms with Crippen molar-refractivity contribution in [2.24, 2.45) is 0 Å². The minimum Gasteiger partial charge on any atom is -0.462 e. The van der Waals surface area contributed by atoms with E-state index in [-0.39, 0.29) is 35.5 Å². The molecule has 0 amide bonds. The van der Waals surface area contributed by atoms with Gasteiger partial charge in [-0.25, -0.2) is 17.6 Å². The van der Waals surface area contributed by atoms with Crippen molar-refractivity contribution < 1.29 is 22.3 Å². The lowest BCUT2D eigenvalue weighted by molar-refractivity contribution is 0.0525. The molecule has 6 nitrogen and oxygen atoms in total. The van der Waals surface area contributed by atoms with Crippen molar-refractivity contribution in [3.05, 3.63) is 29.6 Å². The average Bonchev–Trinajstić information content (AvgIpc) is 2.54. The van der Waals surface area contributed by atoms with Gasteiger partial charge >= 0.3 is 5.97 Å². The van der Waals surface area contributed by atoms with E-state index in [0.29, 0.717) is 25.9 Å². The average molecular weight is 381 g/mol. The molecule has 9 heteroatoms. The van der Waals surface area contributed by atoms with E-state index in [2.05, 4.69) is 5.32 Å². The summed E-state index contributed by atoms with van der Waals surface area (Å²) in [6, 6.07) is 3.36. The minimum absolute atomic E-state index is 0. The van der Waals surface area contributed by atoms with Gasteiger partial charge in [0, 0.05) is 19.1 Å². The topological polar surface area (TPSA) is 75.7 Å². The zero-order chi connectivity index (χ0) is 17.0. The molecule has 0 spiro atoms. The molecule has 0 aromatic heterocycles. The third-order valence-electron chi connectivity index (χ3n) is 3.88. The minimum atomic E-state index is -3.83. The fourth-order valence-corrected chi connectivity index (χ4v) is 4.10. The number of piperidine rings is 1. The molecule has 2 rings (SSSR count). The van der Waals surface area contributed by atoms with Gasteiger partial charge in [0.1, 0.15) is 5.82 Å². The van der Waals surface area contributed by atoms with Gasteiger partial charge in [-0.05, 0) is 45.0 Å². The fraction of sp³-hybridized carbons (Fsp3) is 0.533. The van der Waals surface area contributed by atoms with E-state index in [4.69, 9.17) is 4.74 Å². The molecule has 1 aromatic rings. The van der Waals surface area contributed by atoms with Crippen molar-refractivity contribution in [1.29, 1.82) is 0 Å². The first kappa shape index (κ1) is 20.8. The molecule has 24 heavy (non-hydrogen) atoms. The molecule has 0 aliphatic carbocycles. The van der Waals surface area contributed by atoms with E-state index >= 15 is 0 Å². The Morgan fingerprint density at radius 2 is 1.96 bits per heavy atom. The zero-order valence-corrected chi connectivity index (χ0v) is 15.3. The van der Waals surface area contributed by atoms with E-state index < -0.39 is 21.8 Å². The van der Waals surface area contributed by atoms with Crippen LogP contribution in [0.5, 0.6) is 0 Å². The van der Waals surface area contributed by atoms with Gasteiger partial charge in [0.05, 0.1) is 17.1 Å². The molecule has 0 unspecified atom stereocenters. The molecule has 0 bridgehead atoms. The van der Waals surface area contributed by atoms with E-state index in [1.807, 2.05) is 7.05 Å². The van der Waals surface area contributed by atoms with Crippen LogP contribution in [0.2, 0.25) is 0 Å². The van der Waals surface area contributed by atoms with Crippen molar-refractivity contribution in [3.8, 4) is 0 Å². The molecule has 1 N–H and O–H groups in total. The summed E-state index contributed by atoms with van der Waals surface area (Å²) in [6.07, 6.45) is 1.38. The molecule has 1 aliphatic heterocycles. The molecule has 0 atom stereocenters. The molecule has 136 valence electrons. The second kappa shape index (κ2) is 8.75. The Kier molecular flexibility index (Phi) is 7.59. The number of carbonyl (C=O) groups is 1. The van der Waals surface area contributed by atoms with Crippen LogP contribution >= 0.6 is 12.4 Å². The summed E-state index contributed by atoms with van der Waals surface area (Å²) in [4.78, 5) is 11.5. The van der Waals surface area contributed by atoms with Gasteiger partial charge in [0.25, 0.3) is 0 Å². The summed E-state index contributed by atoms with van der Waals surface area (Å²) in [5, 5.41) is 3.12. The Hall–Kier alpha value is -1.22. The molecule has 1 aromatic carbocycles. The lowest BCUT2D eigenvalue weighted by Gasteiger charge is -2.31. The van der Waals surface area contributed by atoms with Crippen molar-refractivity contribution in [3.63, 3.8) is 0 Å². The van der Waals surface area contributed by atoms with Crippen molar-refractivity contribution in [2.45, 2.75) is 30.7 Å². The normalized spacial score (nSPS) is 16.5. The molecular formula is C15H22ClFN2O4S. The first-order valence-electron chi connectivity index (χ1n) is 7.53. The molecule has 1 saturated heterocycles. The van der Waals surface area contributed by atoms with Crippen LogP contribution in [0.4, 0.5) is 4.39 Å². The Bertz CT molecular complexity index is 676. The largest absolute Gasteiger partial charge is 0.462 e. The number of rotatable bonds is 5. The molecule has 1 heterocycles. The maximum absolute atomic E-state index is 13.7. The lowest BCUT2D eigenvalue weighted by atomic mass is 10.1. The highest BCUT2D eigenvalue weighted by atomic mass is 35.5. The molecular weight excluding hydrogens is 359 g/mol. The number of hydrogen-bond donors (Lipinski definition) is 1. The third kappa shape index (κ3) is 4.66. The summed E-state index contributed by atoms with van der Waals surface area (Å²) >= 11 is 0. The van der Waals surface area contributed by atoms with Gasteiger partial charge in [0.2, 0.25) is 10.0 Å². The summed E-state index contributed by atoms with van der Waals surface area (Å²) < 4.78 is 45.2. The predicted molar refractivity (Wildman–Crippen MR) is 90.4 cm³/mol. The number of sulfonamides is 1. The highest BCUT2D eigenvalue weighted by Gasteiger charge is 2.30. The van der Waals surface area contributed by atoms with Gasteiger partial charge in [-0.2, -0.15) is 4.31 Å². The highest BCUT2D eigenvalue weighted by Crippen LogP contribution is 2.23. The van der Waals surface area contributed by atoms with Gasteiger partial charge in [-0.1, -0.05) is 0 Å². The third-order valence-corrected chi connectivity index (χ3v) is 5.76. The molecule has 1 aliphatic rings. The van der Waals surface area contributed by atoms with Crippen LogP contribution < -0.4 is 5.32 Å². The smallest absolute Gasteiger partial charge is 0.338 e. The Labute approximate surface area is 147 Å². The number of halogens is 2. The Morgan fingerprint density at radius 1 is 1.33 bits per heavy atom. The number of ether oxygens (including phenoxy) is 1. The quantitative estimate of drug-likeness (QED) is 0.788. The standard InChI is InChI=1S/C15H21FN2O4S.ClH/c1-3-22-15(19)11-8-12(16)10-14(9-11)23(20,21)18-6-4-13(17-2)5-7-18;/h8-10,13,17H,3-7H2,1-2H3;1H. The van der Waals surface area contributed by atoms with Crippen LogP contribution in [-0.4, -0.2) is 51.5 Å². The summed E-state index contributed by atoms with van der Waals surface area (Å²) in [7, 11) is -1.99. The predicted octanol–water partition coefficient (Wildman–Crippen LogP) is 1.80. The second-order valence-corrected chi connectivity index (χ2v) is 7.30. The van der Waals surface area contributed by atoms with E-state index in [1.165, 1.54) is 10.4 Å². The zero-order valence-electron chi connectivity index (χ0n) is 13.6. The number of benzene rings is 1. The second-order valence-electron chi connectivity index (χ2n) is 5.36. The van der Waals surface area contributed by atoms with Crippen LogP contribution in [0.1, 0.15) is 30.1 Å². The van der Waals surface area contributed by atoms with Crippen molar-refractivity contribution in [1.82, 2.24) is 9.62 Å². The van der Waals surface area contributed by atoms with Gasteiger partial charge < -0.3 is 10.1 Å². The molecule has 0 radical (unpaired) electrons. The van der Waals surface area contributed by atoms with Crippen LogP contribution in [0.15, 0.2) is 23.1 Å². The number of hydrogen-bond acceptors (Lipinski definition) is 5. The Morgan fingerprint density at radius 3 is 2.50 bits per heavy atom. The Balaban J connectivity index is 0.00000288. The number of carbonyl (C=O) groups excluding carboxylic acids is 1. The van der Waals surface area contributed by atoms with Gasteiger partial charge in [0.15, 0.2) is 0 Å². The van der Waals surface area contributed by atoms with Crippen LogP contribution in [0.3, 0.4) is 0 Å². The van der Waals surface area contributed by atoms with Crippen molar-refractivity contribution >= 4 is 28.4 Å². The maximum atomic E-state index is 13.7. The summed E-state index contributed by atoms with van der Waals surface area (Å²) in [5.74, 6) is -1.52. The van der Waals surface area contributed by atoms with Crippen LogP contribution in [0.25, 0.3) is 0 Å². The van der Waals surface area contributed by atoms with E-state index in [0.717, 1.165) is 12.1 Å². The first-order valence-corrected chi connectivity index (χ1v) is 8.97. The SMILES string of the molecule is CCOC(=O)c1cc(F)cc(S(=O)(=O)N2CCC(NC)CC2)c1.Cl. The van der Waals surface area contributed by atoms with Crippen LogP contribution in [-0.2, 0) is 14.8 Å². The molecule has 1 fully saturated rings. The fourth-order valence-electron chi connectivity index (χ4n) is 2.58. The number of nitrogens with zero attached hydrogens (tertiary/aromatic N) is 1. The van der Waals surface area contributed by atoms with Crippen LogP contribution in [0, 0.1) is 5.82 Å². The van der Waals surface area contributed by atoms with Crippen molar-refractivity contribution in [2.75, 3.05) is 26.7 Å². The summed E-state index contributed by atoms with van der Waals surface area (Å²) in [5.41, 5.74) is -0.101. The number of nitrogens with one attached hydrogen (secondary N) is 1. The van der Waals surface area contributed by atoms with E-state index in [1.54, 1.807) is 6.92 Å². The van der Waals surface area contributed by atoms with E-state index in [9.17, 15) is 17.6 Å². The maximum Gasteiger partial charge on any atom is 0.338 e. The van der Waals surface area contributed by atoms with Gasteiger partial charge in [-0.15, -0.1) is 12.4 Å². The lowest BCUT2D eigenvalue weighted by Crippen LogP contribution is -2.43. The van der Waals surface area contributed by atoms with Gasteiger partial charge in [-0.3, -0.25) is 0 Å². The first-order chi connectivity index (χ1) is 10.9. The molecule has 0 saturated carbocycles. The highest BCUT2D eigenvalue weighted by molar-refractivity contribution is 7.89.